The molecule has 0 aliphatic carbocycles. The number of aromatic nitrogens is 2. The highest BCUT2D eigenvalue weighted by Gasteiger charge is 2.15. The number of hydrogen-bond acceptors (Lipinski definition) is 6. The lowest BCUT2D eigenvalue weighted by Gasteiger charge is -2.29. The molecule has 0 atom stereocenters. The normalized spacial score (nSPS) is 14.4. The lowest BCUT2D eigenvalue weighted by Crippen LogP contribution is -2.36. The molecule has 0 unspecified atom stereocenters. The summed E-state index contributed by atoms with van der Waals surface area (Å²) in [6, 6.07) is 15.2. The Labute approximate surface area is 155 Å². The van der Waals surface area contributed by atoms with Gasteiger partial charge >= 0.3 is 0 Å². The monoisotopic (exact) mass is 370 g/mol. The van der Waals surface area contributed by atoms with Crippen LogP contribution in [-0.4, -0.2) is 35.7 Å². The topological polar surface area (TPSA) is 50.3 Å². The van der Waals surface area contributed by atoms with Crippen LogP contribution in [0.4, 0.5) is 15.2 Å². The van der Waals surface area contributed by atoms with Gasteiger partial charge in [-0.15, -0.1) is 0 Å². The SMILES string of the molecule is Fc1cc(CNc2nc(-c3ccccc3)ns2)ccc1N1CCOCC1. The van der Waals surface area contributed by atoms with Crippen molar-refractivity contribution < 1.29 is 9.13 Å². The van der Waals surface area contributed by atoms with Gasteiger partial charge in [0.25, 0.3) is 0 Å². The molecule has 1 fully saturated rings. The fourth-order valence-electron chi connectivity index (χ4n) is 2.90. The second-order valence-corrected chi connectivity index (χ2v) is 6.78. The minimum Gasteiger partial charge on any atom is -0.378 e. The average Bonchev–Trinajstić information content (AvgIpc) is 3.17. The first-order valence-electron chi connectivity index (χ1n) is 8.54. The largest absolute Gasteiger partial charge is 0.378 e. The molecule has 26 heavy (non-hydrogen) atoms. The van der Waals surface area contributed by atoms with E-state index in [0.29, 0.717) is 31.3 Å². The minimum atomic E-state index is -0.201. The zero-order valence-corrected chi connectivity index (χ0v) is 15.0. The number of rotatable bonds is 5. The molecule has 0 amide bonds. The molecule has 1 saturated heterocycles. The quantitative estimate of drug-likeness (QED) is 0.740. The Morgan fingerprint density at radius 1 is 1.12 bits per heavy atom. The first kappa shape index (κ1) is 16.9. The van der Waals surface area contributed by atoms with Crippen molar-refractivity contribution in [3.05, 3.63) is 59.9 Å². The van der Waals surface area contributed by atoms with Crippen LogP contribution in [0.25, 0.3) is 11.4 Å². The Balaban J connectivity index is 1.40. The Kier molecular flexibility index (Phi) is 5.08. The zero-order valence-electron chi connectivity index (χ0n) is 14.2. The molecule has 3 aromatic rings. The number of halogens is 1. The van der Waals surface area contributed by atoms with Crippen LogP contribution in [0, 0.1) is 5.82 Å². The van der Waals surface area contributed by atoms with Gasteiger partial charge in [0.2, 0.25) is 5.13 Å². The van der Waals surface area contributed by atoms with Crippen LogP contribution in [0.1, 0.15) is 5.56 Å². The standard InChI is InChI=1S/C19H19FN4OS/c20-16-12-14(6-7-17(16)24-8-10-25-11-9-24)13-21-19-22-18(23-26-19)15-4-2-1-3-5-15/h1-7,12H,8-11,13H2,(H,21,22,23). The van der Waals surface area contributed by atoms with Crippen LogP contribution in [0.3, 0.4) is 0 Å². The average molecular weight is 370 g/mol. The molecule has 0 spiro atoms. The van der Waals surface area contributed by atoms with E-state index in [1.807, 2.05) is 47.4 Å². The molecular formula is C19H19FN4OS. The maximum Gasteiger partial charge on any atom is 0.203 e. The van der Waals surface area contributed by atoms with Gasteiger partial charge in [0.1, 0.15) is 5.82 Å². The maximum absolute atomic E-state index is 14.5. The molecule has 7 heteroatoms. The minimum absolute atomic E-state index is 0.201. The van der Waals surface area contributed by atoms with Gasteiger partial charge in [-0.25, -0.2) is 4.39 Å². The molecule has 2 heterocycles. The second-order valence-electron chi connectivity index (χ2n) is 6.03. The fraction of sp³-hybridized carbons (Fsp3) is 0.263. The van der Waals surface area contributed by atoms with Crippen molar-refractivity contribution in [2.75, 3.05) is 36.5 Å². The van der Waals surface area contributed by atoms with Crippen molar-refractivity contribution in [3.8, 4) is 11.4 Å². The van der Waals surface area contributed by atoms with Crippen LogP contribution in [0.2, 0.25) is 0 Å². The van der Waals surface area contributed by atoms with Crippen LogP contribution >= 0.6 is 11.5 Å². The van der Waals surface area contributed by atoms with E-state index in [-0.39, 0.29) is 5.82 Å². The summed E-state index contributed by atoms with van der Waals surface area (Å²) in [7, 11) is 0. The first-order valence-corrected chi connectivity index (χ1v) is 9.31. The summed E-state index contributed by atoms with van der Waals surface area (Å²) in [6.07, 6.45) is 0. The van der Waals surface area contributed by atoms with E-state index in [1.165, 1.54) is 11.5 Å². The number of nitrogens with zero attached hydrogens (tertiary/aromatic N) is 3. The van der Waals surface area contributed by atoms with E-state index in [0.717, 1.165) is 29.3 Å². The van der Waals surface area contributed by atoms with Crippen molar-refractivity contribution in [2.24, 2.45) is 0 Å². The summed E-state index contributed by atoms with van der Waals surface area (Å²) >= 11 is 1.31. The van der Waals surface area contributed by atoms with E-state index in [2.05, 4.69) is 14.7 Å². The van der Waals surface area contributed by atoms with E-state index < -0.39 is 0 Å². The number of nitrogens with one attached hydrogen (secondary N) is 1. The van der Waals surface area contributed by atoms with Gasteiger partial charge in [-0.2, -0.15) is 9.36 Å². The predicted molar refractivity (Wildman–Crippen MR) is 102 cm³/mol. The summed E-state index contributed by atoms with van der Waals surface area (Å²) in [5.74, 6) is 0.500. The van der Waals surface area contributed by atoms with Crippen LogP contribution in [0.5, 0.6) is 0 Å². The third-order valence-electron chi connectivity index (χ3n) is 4.27. The lowest BCUT2D eigenvalue weighted by molar-refractivity contribution is 0.122. The highest BCUT2D eigenvalue weighted by Crippen LogP contribution is 2.24. The van der Waals surface area contributed by atoms with Gasteiger partial charge in [0.05, 0.1) is 18.9 Å². The highest BCUT2D eigenvalue weighted by molar-refractivity contribution is 7.09. The number of benzene rings is 2. The van der Waals surface area contributed by atoms with Gasteiger partial charge in [-0.3, -0.25) is 0 Å². The van der Waals surface area contributed by atoms with Crippen molar-refractivity contribution in [2.45, 2.75) is 6.54 Å². The molecule has 0 bridgehead atoms. The van der Waals surface area contributed by atoms with Gasteiger partial charge in [-0.1, -0.05) is 36.4 Å². The second kappa shape index (κ2) is 7.80. The lowest BCUT2D eigenvalue weighted by atomic mass is 10.1. The Hall–Kier alpha value is -2.51. The van der Waals surface area contributed by atoms with Gasteiger partial charge in [0.15, 0.2) is 5.82 Å². The van der Waals surface area contributed by atoms with Crippen molar-refractivity contribution in [1.29, 1.82) is 0 Å². The third-order valence-corrected chi connectivity index (χ3v) is 4.94. The van der Waals surface area contributed by atoms with Crippen LogP contribution < -0.4 is 10.2 Å². The third kappa shape index (κ3) is 3.84. The molecule has 0 saturated carbocycles. The van der Waals surface area contributed by atoms with Crippen molar-refractivity contribution >= 4 is 22.4 Å². The Morgan fingerprint density at radius 2 is 1.92 bits per heavy atom. The smallest absolute Gasteiger partial charge is 0.203 e. The Morgan fingerprint density at radius 3 is 2.69 bits per heavy atom. The molecule has 1 aliphatic heterocycles. The highest BCUT2D eigenvalue weighted by atomic mass is 32.1. The molecule has 0 radical (unpaired) electrons. The van der Waals surface area contributed by atoms with Gasteiger partial charge < -0.3 is 15.0 Å². The molecule has 1 aromatic heterocycles. The Bertz CT molecular complexity index is 865. The molecular weight excluding hydrogens is 351 g/mol. The van der Waals surface area contributed by atoms with E-state index in [4.69, 9.17) is 4.74 Å². The molecule has 1 N–H and O–H groups in total. The van der Waals surface area contributed by atoms with E-state index in [1.54, 1.807) is 6.07 Å². The molecule has 5 nitrogen and oxygen atoms in total. The summed E-state index contributed by atoms with van der Waals surface area (Å²) in [4.78, 5) is 6.51. The molecule has 2 aromatic carbocycles. The van der Waals surface area contributed by atoms with Crippen molar-refractivity contribution in [1.82, 2.24) is 9.36 Å². The summed E-state index contributed by atoms with van der Waals surface area (Å²) in [5, 5.41) is 3.95. The van der Waals surface area contributed by atoms with E-state index in [9.17, 15) is 4.39 Å². The number of morpholine rings is 1. The van der Waals surface area contributed by atoms with Crippen LogP contribution in [-0.2, 0) is 11.3 Å². The van der Waals surface area contributed by atoms with Crippen LogP contribution in [0.15, 0.2) is 48.5 Å². The van der Waals surface area contributed by atoms with Gasteiger partial charge in [-0.05, 0) is 17.7 Å². The maximum atomic E-state index is 14.5. The zero-order chi connectivity index (χ0) is 17.8. The first-order chi connectivity index (χ1) is 12.8. The molecule has 134 valence electrons. The summed E-state index contributed by atoms with van der Waals surface area (Å²) in [5.41, 5.74) is 2.49. The van der Waals surface area contributed by atoms with Gasteiger partial charge in [0, 0.05) is 36.7 Å². The summed E-state index contributed by atoms with van der Waals surface area (Å²) < 4.78 is 24.1. The fourth-order valence-corrected chi connectivity index (χ4v) is 3.48. The number of hydrogen-bond donors (Lipinski definition) is 1. The molecule has 4 rings (SSSR count). The molecule has 1 aliphatic rings. The summed E-state index contributed by atoms with van der Waals surface area (Å²) in [6.45, 7) is 3.24. The van der Waals surface area contributed by atoms with E-state index >= 15 is 0 Å². The van der Waals surface area contributed by atoms with Crippen molar-refractivity contribution in [3.63, 3.8) is 0 Å². The number of ether oxygens (including phenoxy) is 1. The predicted octanol–water partition coefficient (Wildman–Crippen LogP) is 3.79. The number of anilines is 2.